The number of fused-ring (bicyclic) bond motifs is 1. The second-order valence-corrected chi connectivity index (χ2v) is 3.28. The van der Waals surface area contributed by atoms with Crippen LogP contribution in [0.5, 0.6) is 5.75 Å². The van der Waals surface area contributed by atoms with Crippen LogP contribution < -0.4 is 10.1 Å². The van der Waals surface area contributed by atoms with Crippen molar-refractivity contribution >= 4 is 5.69 Å². The molecule has 0 amide bonds. The average molecular weight is 193 g/mol. The molecule has 76 valence electrons. The molecule has 0 radical (unpaired) electrons. The highest BCUT2D eigenvalue weighted by Gasteiger charge is 2.18. The molecule has 3 heteroatoms. The Bertz CT molecular complexity index is 301. The second-order valence-electron chi connectivity index (χ2n) is 3.28. The van der Waals surface area contributed by atoms with Crippen LogP contribution in [0.25, 0.3) is 0 Å². The van der Waals surface area contributed by atoms with Crippen LogP contribution in [-0.4, -0.2) is 25.9 Å². The summed E-state index contributed by atoms with van der Waals surface area (Å²) in [5.41, 5.74) is 1.07. The first-order chi connectivity index (χ1) is 6.90. The lowest BCUT2D eigenvalue weighted by Gasteiger charge is -2.26. The van der Waals surface area contributed by atoms with E-state index in [4.69, 9.17) is 9.47 Å². The number of nitrogens with one attached hydrogen (secondary N) is 1. The largest absolute Gasteiger partial charge is 0.484 e. The van der Waals surface area contributed by atoms with E-state index in [1.807, 2.05) is 31.2 Å². The maximum absolute atomic E-state index is 5.75. The molecule has 1 aromatic rings. The van der Waals surface area contributed by atoms with Crippen molar-refractivity contribution in [2.24, 2.45) is 0 Å². The summed E-state index contributed by atoms with van der Waals surface area (Å²) in [7, 11) is 0. The van der Waals surface area contributed by atoms with Gasteiger partial charge >= 0.3 is 0 Å². The summed E-state index contributed by atoms with van der Waals surface area (Å²) in [5, 5.41) is 3.32. The van der Waals surface area contributed by atoms with Crippen molar-refractivity contribution in [2.45, 2.75) is 13.0 Å². The van der Waals surface area contributed by atoms with Crippen molar-refractivity contribution in [1.29, 1.82) is 0 Å². The molecule has 1 aromatic carbocycles. The van der Waals surface area contributed by atoms with Crippen LogP contribution in [0.3, 0.4) is 0 Å². The SMILES string of the molecule is CCOCC1CNc2ccccc2O1. The van der Waals surface area contributed by atoms with Crippen molar-refractivity contribution < 1.29 is 9.47 Å². The minimum Gasteiger partial charge on any atom is -0.484 e. The molecule has 14 heavy (non-hydrogen) atoms. The Morgan fingerprint density at radius 1 is 1.50 bits per heavy atom. The molecule has 0 bridgehead atoms. The normalized spacial score (nSPS) is 19.4. The van der Waals surface area contributed by atoms with Gasteiger partial charge < -0.3 is 14.8 Å². The summed E-state index contributed by atoms with van der Waals surface area (Å²) in [6.07, 6.45) is 0.129. The first-order valence-electron chi connectivity index (χ1n) is 4.97. The van der Waals surface area contributed by atoms with Crippen molar-refractivity contribution in [2.75, 3.05) is 25.1 Å². The molecule has 1 atom stereocenters. The first-order valence-corrected chi connectivity index (χ1v) is 4.97. The van der Waals surface area contributed by atoms with Crippen molar-refractivity contribution in [3.05, 3.63) is 24.3 Å². The highest BCUT2D eigenvalue weighted by Crippen LogP contribution is 2.27. The Kier molecular flexibility index (Phi) is 2.89. The minimum absolute atomic E-state index is 0.129. The molecule has 1 heterocycles. The van der Waals surface area contributed by atoms with Crippen molar-refractivity contribution in [3.8, 4) is 5.75 Å². The van der Waals surface area contributed by atoms with Crippen LogP contribution >= 0.6 is 0 Å². The molecule has 3 nitrogen and oxygen atoms in total. The highest BCUT2D eigenvalue weighted by molar-refractivity contribution is 5.57. The van der Waals surface area contributed by atoms with Crippen LogP contribution in [0.2, 0.25) is 0 Å². The van der Waals surface area contributed by atoms with Gasteiger partial charge in [0.05, 0.1) is 18.8 Å². The standard InChI is InChI=1S/C11H15NO2/c1-2-13-8-9-7-12-10-5-3-4-6-11(10)14-9/h3-6,9,12H,2,7-8H2,1H3. The number of benzene rings is 1. The number of para-hydroxylation sites is 2. The van der Waals surface area contributed by atoms with Gasteiger partial charge in [-0.1, -0.05) is 12.1 Å². The van der Waals surface area contributed by atoms with Crippen LogP contribution in [0.1, 0.15) is 6.92 Å². The third-order valence-electron chi connectivity index (χ3n) is 2.21. The topological polar surface area (TPSA) is 30.5 Å². The summed E-state index contributed by atoms with van der Waals surface area (Å²) in [5.74, 6) is 0.920. The molecule has 0 spiro atoms. The van der Waals surface area contributed by atoms with E-state index < -0.39 is 0 Å². The molecule has 0 saturated heterocycles. The molecule has 1 unspecified atom stereocenters. The van der Waals surface area contributed by atoms with Crippen LogP contribution in [-0.2, 0) is 4.74 Å². The summed E-state index contributed by atoms with van der Waals surface area (Å²) < 4.78 is 11.1. The molecule has 2 rings (SSSR count). The minimum atomic E-state index is 0.129. The Labute approximate surface area is 84.0 Å². The summed E-state index contributed by atoms with van der Waals surface area (Å²) >= 11 is 0. The number of hydrogen-bond acceptors (Lipinski definition) is 3. The zero-order valence-electron chi connectivity index (χ0n) is 8.32. The molecular formula is C11H15NO2. The van der Waals surface area contributed by atoms with E-state index in [1.54, 1.807) is 0 Å². The van der Waals surface area contributed by atoms with Gasteiger partial charge in [-0.15, -0.1) is 0 Å². The van der Waals surface area contributed by atoms with E-state index in [0.717, 1.165) is 24.6 Å². The van der Waals surface area contributed by atoms with E-state index in [-0.39, 0.29) is 6.10 Å². The van der Waals surface area contributed by atoms with Crippen molar-refractivity contribution in [1.82, 2.24) is 0 Å². The third kappa shape index (κ3) is 1.99. The predicted molar refractivity (Wildman–Crippen MR) is 55.8 cm³/mol. The molecule has 0 fully saturated rings. The van der Waals surface area contributed by atoms with Gasteiger partial charge in [-0.05, 0) is 19.1 Å². The fourth-order valence-electron chi connectivity index (χ4n) is 1.50. The fraction of sp³-hybridized carbons (Fsp3) is 0.455. The highest BCUT2D eigenvalue weighted by atomic mass is 16.5. The maximum Gasteiger partial charge on any atom is 0.143 e. The van der Waals surface area contributed by atoms with Crippen LogP contribution in [0.4, 0.5) is 5.69 Å². The molecular weight excluding hydrogens is 178 g/mol. The average Bonchev–Trinajstić information content (AvgIpc) is 2.26. The fourth-order valence-corrected chi connectivity index (χ4v) is 1.50. The zero-order valence-corrected chi connectivity index (χ0v) is 8.32. The zero-order chi connectivity index (χ0) is 9.80. The van der Waals surface area contributed by atoms with E-state index in [2.05, 4.69) is 5.32 Å². The molecule has 1 aliphatic rings. The molecule has 1 aliphatic heterocycles. The third-order valence-corrected chi connectivity index (χ3v) is 2.21. The molecule has 0 aliphatic carbocycles. The number of ether oxygens (including phenoxy) is 2. The molecule has 0 aromatic heterocycles. The predicted octanol–water partition coefficient (Wildman–Crippen LogP) is 1.90. The van der Waals surface area contributed by atoms with E-state index in [0.29, 0.717) is 6.61 Å². The van der Waals surface area contributed by atoms with Gasteiger partial charge in [0.2, 0.25) is 0 Å². The van der Waals surface area contributed by atoms with Crippen LogP contribution in [0, 0.1) is 0 Å². The summed E-state index contributed by atoms with van der Waals surface area (Å²) in [4.78, 5) is 0. The first kappa shape index (κ1) is 9.34. The smallest absolute Gasteiger partial charge is 0.143 e. The lowest BCUT2D eigenvalue weighted by atomic mass is 10.2. The quantitative estimate of drug-likeness (QED) is 0.795. The Morgan fingerprint density at radius 2 is 2.36 bits per heavy atom. The summed E-state index contributed by atoms with van der Waals surface area (Å²) in [6, 6.07) is 7.97. The monoisotopic (exact) mass is 193 g/mol. The van der Waals surface area contributed by atoms with Gasteiger partial charge in [0.1, 0.15) is 11.9 Å². The van der Waals surface area contributed by atoms with Gasteiger partial charge in [-0.2, -0.15) is 0 Å². The van der Waals surface area contributed by atoms with Gasteiger partial charge in [-0.3, -0.25) is 0 Å². The Morgan fingerprint density at radius 3 is 3.21 bits per heavy atom. The van der Waals surface area contributed by atoms with Crippen molar-refractivity contribution in [3.63, 3.8) is 0 Å². The number of rotatable bonds is 3. The van der Waals surface area contributed by atoms with Gasteiger partial charge in [-0.25, -0.2) is 0 Å². The molecule has 1 N–H and O–H groups in total. The second kappa shape index (κ2) is 4.33. The number of hydrogen-bond donors (Lipinski definition) is 1. The lowest BCUT2D eigenvalue weighted by Crippen LogP contribution is -2.34. The van der Waals surface area contributed by atoms with E-state index in [9.17, 15) is 0 Å². The van der Waals surface area contributed by atoms with Gasteiger partial charge in [0, 0.05) is 6.61 Å². The van der Waals surface area contributed by atoms with Crippen LogP contribution in [0.15, 0.2) is 24.3 Å². The maximum atomic E-state index is 5.75. The number of anilines is 1. The van der Waals surface area contributed by atoms with Gasteiger partial charge in [0.15, 0.2) is 0 Å². The lowest BCUT2D eigenvalue weighted by molar-refractivity contribution is 0.0599. The summed E-state index contributed by atoms with van der Waals surface area (Å²) in [6.45, 7) is 4.19. The van der Waals surface area contributed by atoms with Gasteiger partial charge in [0.25, 0.3) is 0 Å². The molecule has 0 saturated carbocycles. The Hall–Kier alpha value is -1.22. The Balaban J connectivity index is 1.99. The van der Waals surface area contributed by atoms with E-state index in [1.165, 1.54) is 0 Å². The van der Waals surface area contributed by atoms with E-state index >= 15 is 0 Å².